The second kappa shape index (κ2) is 7.46. The minimum atomic E-state index is -0.215. The zero-order chi connectivity index (χ0) is 16.8. The van der Waals surface area contributed by atoms with Crippen molar-refractivity contribution in [2.24, 2.45) is 0 Å². The molecule has 0 unspecified atom stereocenters. The van der Waals surface area contributed by atoms with Crippen LogP contribution in [0.4, 0.5) is 5.82 Å². The number of benzene rings is 2. The number of para-hydroxylation sites is 1. The van der Waals surface area contributed by atoms with Crippen molar-refractivity contribution < 1.29 is 9.53 Å². The van der Waals surface area contributed by atoms with Crippen LogP contribution in [0.3, 0.4) is 0 Å². The van der Waals surface area contributed by atoms with Crippen LogP contribution < -0.4 is 10.1 Å². The fourth-order valence-corrected chi connectivity index (χ4v) is 2.36. The Bertz CT molecular complexity index is 812. The summed E-state index contributed by atoms with van der Waals surface area (Å²) in [6.45, 7) is 2.51. The van der Waals surface area contributed by atoms with Gasteiger partial charge in [-0.15, -0.1) is 0 Å². The molecule has 0 aliphatic rings. The highest BCUT2D eigenvalue weighted by molar-refractivity contribution is 5.91. The highest BCUT2D eigenvalue weighted by Crippen LogP contribution is 2.16. The van der Waals surface area contributed by atoms with Gasteiger partial charge in [0.1, 0.15) is 11.6 Å². The number of ether oxygens (including phenoxy) is 1. The van der Waals surface area contributed by atoms with Crippen LogP contribution in [0.2, 0.25) is 0 Å². The van der Waals surface area contributed by atoms with Gasteiger partial charge in [0.25, 0.3) is 5.91 Å². The maximum atomic E-state index is 12.1. The first-order valence-electron chi connectivity index (χ1n) is 7.76. The van der Waals surface area contributed by atoms with Gasteiger partial charge in [0.15, 0.2) is 6.61 Å². The summed E-state index contributed by atoms with van der Waals surface area (Å²) in [6, 6.07) is 19.4. The normalized spacial score (nSPS) is 10.4. The van der Waals surface area contributed by atoms with E-state index in [1.807, 2.05) is 61.5 Å². The van der Waals surface area contributed by atoms with Crippen LogP contribution in [0.1, 0.15) is 11.1 Å². The van der Waals surface area contributed by atoms with Crippen LogP contribution in [-0.2, 0) is 11.3 Å². The Morgan fingerprint density at radius 1 is 1.08 bits per heavy atom. The van der Waals surface area contributed by atoms with Gasteiger partial charge in [-0.2, -0.15) is 5.10 Å². The quantitative estimate of drug-likeness (QED) is 0.758. The molecule has 5 heteroatoms. The van der Waals surface area contributed by atoms with Crippen molar-refractivity contribution in [3.05, 3.63) is 78.0 Å². The lowest BCUT2D eigenvalue weighted by Gasteiger charge is -2.11. The Morgan fingerprint density at radius 2 is 1.83 bits per heavy atom. The van der Waals surface area contributed by atoms with E-state index in [-0.39, 0.29) is 12.5 Å². The molecular weight excluding hydrogens is 302 g/mol. The number of nitrogens with one attached hydrogen (secondary N) is 1. The van der Waals surface area contributed by atoms with Crippen molar-refractivity contribution in [1.82, 2.24) is 9.78 Å². The molecular formula is C19H19N3O2. The first-order valence-corrected chi connectivity index (χ1v) is 7.76. The average Bonchev–Trinajstić information content (AvgIpc) is 3.02. The third kappa shape index (κ3) is 4.01. The van der Waals surface area contributed by atoms with Gasteiger partial charge in [0.2, 0.25) is 0 Å². The summed E-state index contributed by atoms with van der Waals surface area (Å²) < 4.78 is 7.31. The standard InChI is InChI=1S/C19H19N3O2/c1-15-7-5-6-10-17(15)24-14-19(23)21-18-11-12-20-22(18)13-16-8-3-2-4-9-16/h2-12H,13-14H2,1H3,(H,21,23). The first kappa shape index (κ1) is 15.8. The SMILES string of the molecule is Cc1ccccc1OCC(=O)Nc1ccnn1Cc1ccccc1. The van der Waals surface area contributed by atoms with Crippen LogP contribution in [0.15, 0.2) is 66.9 Å². The van der Waals surface area contributed by atoms with Crippen molar-refractivity contribution >= 4 is 11.7 Å². The number of amides is 1. The lowest BCUT2D eigenvalue weighted by molar-refractivity contribution is -0.118. The van der Waals surface area contributed by atoms with Gasteiger partial charge < -0.3 is 10.1 Å². The van der Waals surface area contributed by atoms with Crippen molar-refractivity contribution in [2.75, 3.05) is 11.9 Å². The molecule has 0 aliphatic carbocycles. The summed E-state index contributed by atoms with van der Waals surface area (Å²) in [7, 11) is 0. The van der Waals surface area contributed by atoms with E-state index in [0.29, 0.717) is 18.1 Å². The molecule has 3 rings (SSSR count). The van der Waals surface area contributed by atoms with Gasteiger partial charge in [-0.1, -0.05) is 48.5 Å². The molecule has 2 aromatic carbocycles. The number of carbonyl (C=O) groups is 1. The second-order valence-electron chi connectivity index (χ2n) is 5.46. The van der Waals surface area contributed by atoms with Crippen LogP contribution in [0.5, 0.6) is 5.75 Å². The zero-order valence-electron chi connectivity index (χ0n) is 13.5. The maximum absolute atomic E-state index is 12.1. The molecule has 0 aliphatic heterocycles. The molecule has 0 saturated heterocycles. The zero-order valence-corrected chi connectivity index (χ0v) is 13.5. The number of rotatable bonds is 6. The Labute approximate surface area is 140 Å². The number of carbonyl (C=O) groups excluding carboxylic acids is 1. The summed E-state index contributed by atoms with van der Waals surface area (Å²) >= 11 is 0. The smallest absolute Gasteiger partial charge is 0.263 e. The second-order valence-corrected chi connectivity index (χ2v) is 5.46. The molecule has 3 aromatic rings. The Balaban J connectivity index is 1.59. The van der Waals surface area contributed by atoms with Gasteiger partial charge in [-0.25, -0.2) is 4.68 Å². The van der Waals surface area contributed by atoms with Crippen molar-refractivity contribution in [3.8, 4) is 5.75 Å². The van der Waals surface area contributed by atoms with Gasteiger partial charge in [0, 0.05) is 6.07 Å². The van der Waals surface area contributed by atoms with Crippen molar-refractivity contribution in [2.45, 2.75) is 13.5 Å². The number of hydrogen-bond donors (Lipinski definition) is 1. The van der Waals surface area contributed by atoms with Gasteiger partial charge >= 0.3 is 0 Å². The maximum Gasteiger partial charge on any atom is 0.263 e. The van der Waals surface area contributed by atoms with E-state index in [1.54, 1.807) is 16.9 Å². The summed E-state index contributed by atoms with van der Waals surface area (Å²) in [6.07, 6.45) is 1.67. The summed E-state index contributed by atoms with van der Waals surface area (Å²) in [5, 5.41) is 7.10. The summed E-state index contributed by atoms with van der Waals surface area (Å²) in [5.74, 6) is 1.15. The van der Waals surface area contributed by atoms with E-state index in [4.69, 9.17) is 4.74 Å². The van der Waals surface area contributed by atoms with Crippen molar-refractivity contribution in [3.63, 3.8) is 0 Å². The minimum Gasteiger partial charge on any atom is -0.483 e. The first-order chi connectivity index (χ1) is 11.7. The van der Waals surface area contributed by atoms with Gasteiger partial charge in [0.05, 0.1) is 12.7 Å². The Hall–Kier alpha value is -3.08. The highest BCUT2D eigenvalue weighted by Gasteiger charge is 2.09. The number of anilines is 1. The molecule has 24 heavy (non-hydrogen) atoms. The molecule has 1 aromatic heterocycles. The van der Waals surface area contributed by atoms with E-state index in [1.165, 1.54) is 0 Å². The lowest BCUT2D eigenvalue weighted by atomic mass is 10.2. The molecule has 122 valence electrons. The average molecular weight is 321 g/mol. The number of nitrogens with zero attached hydrogens (tertiary/aromatic N) is 2. The van der Waals surface area contributed by atoms with E-state index >= 15 is 0 Å². The number of aromatic nitrogens is 2. The van der Waals surface area contributed by atoms with E-state index in [9.17, 15) is 4.79 Å². The van der Waals surface area contributed by atoms with Crippen LogP contribution in [0, 0.1) is 6.92 Å². The summed E-state index contributed by atoms with van der Waals surface area (Å²) in [5.41, 5.74) is 2.12. The van der Waals surface area contributed by atoms with E-state index < -0.39 is 0 Å². The molecule has 5 nitrogen and oxygen atoms in total. The predicted molar refractivity (Wildman–Crippen MR) is 93.1 cm³/mol. The van der Waals surface area contributed by atoms with Crippen LogP contribution in [0.25, 0.3) is 0 Å². The van der Waals surface area contributed by atoms with E-state index in [2.05, 4.69) is 10.4 Å². The monoisotopic (exact) mass is 321 g/mol. The largest absolute Gasteiger partial charge is 0.483 e. The van der Waals surface area contributed by atoms with Gasteiger partial charge in [-0.05, 0) is 24.1 Å². The third-order valence-corrected chi connectivity index (χ3v) is 3.61. The molecule has 1 amide bonds. The lowest BCUT2D eigenvalue weighted by Crippen LogP contribution is -2.22. The topological polar surface area (TPSA) is 56.1 Å². The van der Waals surface area contributed by atoms with Crippen molar-refractivity contribution in [1.29, 1.82) is 0 Å². The molecule has 1 N–H and O–H groups in total. The molecule has 0 spiro atoms. The minimum absolute atomic E-state index is 0.0403. The highest BCUT2D eigenvalue weighted by atomic mass is 16.5. The molecule has 0 saturated carbocycles. The fraction of sp³-hybridized carbons (Fsp3) is 0.158. The third-order valence-electron chi connectivity index (χ3n) is 3.61. The Kier molecular flexibility index (Phi) is 4.91. The molecule has 0 atom stereocenters. The molecule has 0 radical (unpaired) electrons. The molecule has 0 fully saturated rings. The number of hydrogen-bond acceptors (Lipinski definition) is 3. The van der Waals surface area contributed by atoms with Crippen LogP contribution >= 0.6 is 0 Å². The molecule has 1 heterocycles. The summed E-state index contributed by atoms with van der Waals surface area (Å²) in [4.78, 5) is 12.1. The molecule has 0 bridgehead atoms. The predicted octanol–water partition coefficient (Wildman–Crippen LogP) is 3.26. The van der Waals surface area contributed by atoms with Crippen LogP contribution in [-0.4, -0.2) is 22.3 Å². The number of aryl methyl sites for hydroxylation is 1. The Morgan fingerprint density at radius 3 is 2.62 bits per heavy atom. The van der Waals surface area contributed by atoms with Gasteiger partial charge in [-0.3, -0.25) is 4.79 Å². The fourth-order valence-electron chi connectivity index (χ4n) is 2.36. The van der Waals surface area contributed by atoms with E-state index in [0.717, 1.165) is 11.1 Å².